The molecule has 0 saturated carbocycles. The number of aromatic amines is 1. The fraction of sp³-hybridized carbons (Fsp3) is 0.200. The van der Waals surface area contributed by atoms with Gasteiger partial charge < -0.3 is 19.8 Å². The number of hydrogen-bond donors (Lipinski definition) is 2. The Morgan fingerprint density at radius 2 is 1.83 bits per heavy atom. The number of nitrogens with zero attached hydrogens (tertiary/aromatic N) is 1. The van der Waals surface area contributed by atoms with Gasteiger partial charge in [0.2, 0.25) is 0 Å². The van der Waals surface area contributed by atoms with Gasteiger partial charge in [0, 0.05) is 29.7 Å². The summed E-state index contributed by atoms with van der Waals surface area (Å²) in [7, 11) is 0. The third kappa shape index (κ3) is 5.32. The molecule has 0 radical (unpaired) electrons. The van der Waals surface area contributed by atoms with E-state index in [1.54, 1.807) is 6.07 Å². The lowest BCUT2D eigenvalue weighted by Crippen LogP contribution is -2.31. The van der Waals surface area contributed by atoms with Crippen molar-refractivity contribution in [2.75, 3.05) is 19.8 Å². The molecule has 0 aliphatic carbocycles. The quantitative estimate of drug-likeness (QED) is 0.325. The lowest BCUT2D eigenvalue weighted by molar-refractivity contribution is -0.385. The predicted molar refractivity (Wildman–Crippen MR) is 105 cm³/mol. The molecule has 0 fully saturated rings. The maximum absolute atomic E-state index is 11.8. The van der Waals surface area contributed by atoms with Gasteiger partial charge in [-0.3, -0.25) is 14.9 Å². The second-order valence-electron chi connectivity index (χ2n) is 6.13. The van der Waals surface area contributed by atoms with Crippen molar-refractivity contribution < 1.29 is 24.0 Å². The fourth-order valence-corrected chi connectivity index (χ4v) is 2.78. The van der Waals surface area contributed by atoms with Crippen LogP contribution in [0.3, 0.4) is 0 Å². The minimum absolute atomic E-state index is 0.0439. The van der Waals surface area contributed by atoms with E-state index >= 15 is 0 Å². The Morgan fingerprint density at radius 3 is 2.66 bits per heavy atom. The monoisotopic (exact) mass is 397 g/mol. The van der Waals surface area contributed by atoms with Crippen LogP contribution in [0.4, 0.5) is 5.69 Å². The third-order valence-corrected chi connectivity index (χ3v) is 4.16. The molecule has 9 nitrogen and oxygen atoms in total. The summed E-state index contributed by atoms with van der Waals surface area (Å²) in [5.74, 6) is -1.28. The van der Waals surface area contributed by atoms with Gasteiger partial charge in [0.1, 0.15) is 0 Å². The van der Waals surface area contributed by atoms with Crippen LogP contribution in [0.25, 0.3) is 10.9 Å². The first kappa shape index (κ1) is 19.9. The minimum atomic E-state index is -0.796. The molecule has 0 atom stereocenters. The van der Waals surface area contributed by atoms with Crippen molar-refractivity contribution in [1.82, 2.24) is 10.3 Å². The maximum Gasteiger partial charge on any atom is 0.344 e. The number of nitro benzene ring substituents is 1. The van der Waals surface area contributed by atoms with E-state index in [1.807, 2.05) is 30.5 Å². The number of carbonyl (C=O) groups is 2. The summed E-state index contributed by atoms with van der Waals surface area (Å²) in [4.78, 5) is 37.0. The smallest absolute Gasteiger partial charge is 0.344 e. The molecule has 0 bridgehead atoms. The molecule has 29 heavy (non-hydrogen) atoms. The number of ether oxygens (including phenoxy) is 2. The topological polar surface area (TPSA) is 124 Å². The van der Waals surface area contributed by atoms with Gasteiger partial charge >= 0.3 is 11.7 Å². The van der Waals surface area contributed by atoms with Gasteiger partial charge in [-0.05, 0) is 24.1 Å². The summed E-state index contributed by atoms with van der Waals surface area (Å²) in [6.07, 6.45) is 2.53. The number of benzene rings is 2. The molecular formula is C20H19N3O6. The summed E-state index contributed by atoms with van der Waals surface area (Å²) < 4.78 is 9.94. The Hall–Kier alpha value is -3.88. The fourth-order valence-electron chi connectivity index (χ4n) is 2.78. The SMILES string of the molecule is O=C(COC(=O)COc1ccccc1[N+](=O)[O-])NCCc1c[nH]c2ccccc12. The van der Waals surface area contributed by atoms with Gasteiger partial charge in [0.15, 0.2) is 19.0 Å². The molecule has 0 aliphatic rings. The number of amides is 1. The van der Waals surface area contributed by atoms with E-state index in [0.29, 0.717) is 13.0 Å². The zero-order valence-electron chi connectivity index (χ0n) is 15.4. The van der Waals surface area contributed by atoms with Gasteiger partial charge in [0.25, 0.3) is 5.91 Å². The predicted octanol–water partition coefficient (Wildman–Crippen LogP) is 2.36. The van der Waals surface area contributed by atoms with Crippen LogP contribution < -0.4 is 10.1 Å². The van der Waals surface area contributed by atoms with Crippen LogP contribution in [-0.4, -0.2) is 41.5 Å². The molecule has 9 heteroatoms. The normalized spacial score (nSPS) is 10.5. The van der Waals surface area contributed by atoms with Crippen LogP contribution in [0.15, 0.2) is 54.7 Å². The van der Waals surface area contributed by atoms with E-state index in [2.05, 4.69) is 10.3 Å². The van der Waals surface area contributed by atoms with Crippen molar-refractivity contribution in [1.29, 1.82) is 0 Å². The molecule has 3 aromatic rings. The molecule has 1 heterocycles. The molecule has 0 spiro atoms. The first-order valence-corrected chi connectivity index (χ1v) is 8.88. The lowest BCUT2D eigenvalue weighted by Gasteiger charge is -2.08. The van der Waals surface area contributed by atoms with Crippen molar-refractivity contribution in [2.45, 2.75) is 6.42 Å². The van der Waals surface area contributed by atoms with Crippen molar-refractivity contribution in [3.8, 4) is 5.75 Å². The van der Waals surface area contributed by atoms with Gasteiger partial charge in [0.05, 0.1) is 4.92 Å². The standard InChI is InChI=1S/C20H19N3O6/c24-19(21-10-9-14-11-22-16-6-2-1-5-15(14)16)12-29-20(25)13-28-18-8-4-3-7-17(18)23(26)27/h1-8,11,22H,9-10,12-13H2,(H,21,24). The van der Waals surface area contributed by atoms with Gasteiger partial charge in [-0.2, -0.15) is 0 Å². The van der Waals surface area contributed by atoms with Crippen molar-refractivity contribution in [3.05, 3.63) is 70.4 Å². The zero-order valence-corrected chi connectivity index (χ0v) is 15.4. The number of hydrogen-bond acceptors (Lipinski definition) is 6. The molecule has 2 N–H and O–H groups in total. The highest BCUT2D eigenvalue weighted by molar-refractivity contribution is 5.83. The number of nitrogens with one attached hydrogen (secondary N) is 2. The molecule has 150 valence electrons. The number of H-pyrrole nitrogens is 1. The van der Waals surface area contributed by atoms with E-state index in [1.165, 1.54) is 18.2 Å². The summed E-state index contributed by atoms with van der Waals surface area (Å²) in [5.41, 5.74) is 1.85. The summed E-state index contributed by atoms with van der Waals surface area (Å²) in [5, 5.41) is 14.7. The average Bonchev–Trinajstić information content (AvgIpc) is 3.14. The Labute approximate surface area is 165 Å². The molecule has 0 aliphatic heterocycles. The molecule has 1 aromatic heterocycles. The molecular weight excluding hydrogens is 378 g/mol. The highest BCUT2D eigenvalue weighted by atomic mass is 16.6. The number of rotatable bonds is 9. The van der Waals surface area contributed by atoms with E-state index in [4.69, 9.17) is 9.47 Å². The number of nitro groups is 1. The minimum Gasteiger partial charge on any atom is -0.475 e. The van der Waals surface area contributed by atoms with Crippen LogP contribution in [0.5, 0.6) is 5.75 Å². The first-order chi connectivity index (χ1) is 14.0. The molecule has 0 unspecified atom stereocenters. The Bertz CT molecular complexity index is 1030. The lowest BCUT2D eigenvalue weighted by atomic mass is 10.1. The molecule has 3 rings (SSSR count). The van der Waals surface area contributed by atoms with Crippen molar-refractivity contribution in [2.24, 2.45) is 0 Å². The highest BCUT2D eigenvalue weighted by Gasteiger charge is 2.16. The second kappa shape index (κ2) is 9.36. The molecule has 2 aromatic carbocycles. The van der Waals surface area contributed by atoms with Gasteiger partial charge in [-0.1, -0.05) is 30.3 Å². The van der Waals surface area contributed by atoms with E-state index in [0.717, 1.165) is 16.5 Å². The Morgan fingerprint density at radius 1 is 1.07 bits per heavy atom. The average molecular weight is 397 g/mol. The largest absolute Gasteiger partial charge is 0.475 e. The second-order valence-corrected chi connectivity index (χ2v) is 6.13. The summed E-state index contributed by atoms with van der Waals surface area (Å²) in [6.45, 7) is -0.592. The summed E-state index contributed by atoms with van der Waals surface area (Å²) >= 11 is 0. The zero-order chi connectivity index (χ0) is 20.6. The Balaban J connectivity index is 1.38. The number of para-hydroxylation sites is 3. The molecule has 0 saturated heterocycles. The van der Waals surface area contributed by atoms with Crippen molar-refractivity contribution >= 4 is 28.5 Å². The van der Waals surface area contributed by atoms with Crippen LogP contribution in [0.2, 0.25) is 0 Å². The number of aromatic nitrogens is 1. The Kier molecular flexibility index (Phi) is 6.41. The number of esters is 1. The van der Waals surface area contributed by atoms with E-state index < -0.39 is 30.0 Å². The van der Waals surface area contributed by atoms with Crippen LogP contribution in [0, 0.1) is 10.1 Å². The highest BCUT2D eigenvalue weighted by Crippen LogP contribution is 2.25. The maximum atomic E-state index is 11.8. The van der Waals surface area contributed by atoms with Crippen LogP contribution in [0.1, 0.15) is 5.56 Å². The van der Waals surface area contributed by atoms with Gasteiger partial charge in [-0.15, -0.1) is 0 Å². The molecule has 1 amide bonds. The number of carbonyl (C=O) groups excluding carboxylic acids is 2. The van der Waals surface area contributed by atoms with Crippen LogP contribution >= 0.6 is 0 Å². The van der Waals surface area contributed by atoms with Crippen LogP contribution in [-0.2, 0) is 20.7 Å². The van der Waals surface area contributed by atoms with E-state index in [9.17, 15) is 19.7 Å². The number of fused-ring (bicyclic) bond motifs is 1. The van der Waals surface area contributed by atoms with Crippen molar-refractivity contribution in [3.63, 3.8) is 0 Å². The third-order valence-electron chi connectivity index (χ3n) is 4.16. The first-order valence-electron chi connectivity index (χ1n) is 8.88. The van der Waals surface area contributed by atoms with Gasteiger partial charge in [-0.25, -0.2) is 4.79 Å². The van der Waals surface area contributed by atoms with E-state index in [-0.39, 0.29) is 11.4 Å². The summed E-state index contributed by atoms with van der Waals surface area (Å²) in [6, 6.07) is 13.6.